The summed E-state index contributed by atoms with van der Waals surface area (Å²) in [6, 6.07) is 7.89. The number of hydrogen-bond donors (Lipinski definition) is 1. The molecule has 3 aromatic rings. The van der Waals surface area contributed by atoms with Crippen LogP contribution < -0.4 is 10.5 Å². The van der Waals surface area contributed by atoms with E-state index in [2.05, 4.69) is 25.9 Å². The van der Waals surface area contributed by atoms with Crippen molar-refractivity contribution in [3.05, 3.63) is 39.7 Å². The van der Waals surface area contributed by atoms with Crippen LogP contribution in [0.25, 0.3) is 10.2 Å². The number of thiophene rings is 1. The van der Waals surface area contributed by atoms with E-state index in [4.69, 9.17) is 10.5 Å². The van der Waals surface area contributed by atoms with Gasteiger partial charge in [0.05, 0.1) is 12.5 Å². The molecule has 0 aliphatic rings. The molecule has 21 heavy (non-hydrogen) atoms. The Hall–Kier alpha value is -1.31. The molecule has 2 heterocycles. The molecule has 0 amide bonds. The number of nitrogens with two attached hydrogens (primary N) is 1. The number of hydrogen-bond acceptors (Lipinski definition) is 6. The van der Waals surface area contributed by atoms with Crippen molar-refractivity contribution in [3.63, 3.8) is 0 Å². The minimum Gasteiger partial charge on any atom is -0.496 e. The van der Waals surface area contributed by atoms with Gasteiger partial charge in [0, 0.05) is 15.8 Å². The van der Waals surface area contributed by atoms with E-state index in [1.165, 1.54) is 0 Å². The first-order valence-corrected chi connectivity index (χ1v) is 8.79. The molecule has 0 atom stereocenters. The number of rotatable bonds is 4. The first-order valence-electron chi connectivity index (χ1n) is 6.13. The highest BCUT2D eigenvalue weighted by molar-refractivity contribution is 9.10. The minimum absolute atomic E-state index is 0.532. The van der Waals surface area contributed by atoms with E-state index < -0.39 is 0 Å². The van der Waals surface area contributed by atoms with Gasteiger partial charge in [-0.1, -0.05) is 27.7 Å². The van der Waals surface area contributed by atoms with Crippen LogP contribution in [-0.4, -0.2) is 17.1 Å². The molecule has 2 N–H and O–H groups in total. The summed E-state index contributed by atoms with van der Waals surface area (Å²) >= 11 is 6.59. The lowest BCUT2D eigenvalue weighted by molar-refractivity contribution is 0.411. The molecule has 0 fully saturated rings. The molecule has 0 saturated carbocycles. The Labute approximate surface area is 138 Å². The second-order valence-electron chi connectivity index (χ2n) is 4.28. The first-order chi connectivity index (χ1) is 10.2. The molecule has 2 aromatic heterocycles. The van der Waals surface area contributed by atoms with E-state index in [1.807, 2.05) is 29.6 Å². The summed E-state index contributed by atoms with van der Waals surface area (Å²) in [7, 11) is 1.67. The fraction of sp³-hybridized carbons (Fsp3) is 0.143. The van der Waals surface area contributed by atoms with Crippen molar-refractivity contribution in [2.45, 2.75) is 10.9 Å². The second kappa shape index (κ2) is 6.21. The predicted octanol–water partition coefficient (Wildman–Crippen LogP) is 4.34. The normalized spacial score (nSPS) is 11.0. The van der Waals surface area contributed by atoms with Crippen LogP contribution in [0.4, 0.5) is 5.82 Å². The Morgan fingerprint density at radius 3 is 3.00 bits per heavy atom. The average molecular weight is 382 g/mol. The Morgan fingerprint density at radius 2 is 2.19 bits per heavy atom. The van der Waals surface area contributed by atoms with E-state index in [1.54, 1.807) is 30.2 Å². The summed E-state index contributed by atoms with van der Waals surface area (Å²) in [6.07, 6.45) is 0. The van der Waals surface area contributed by atoms with Crippen LogP contribution in [0, 0.1) is 0 Å². The highest BCUT2D eigenvalue weighted by Gasteiger charge is 2.09. The fourth-order valence-corrected chi connectivity index (χ4v) is 3.99. The van der Waals surface area contributed by atoms with Gasteiger partial charge in [-0.15, -0.1) is 11.3 Å². The van der Waals surface area contributed by atoms with Crippen LogP contribution in [0.3, 0.4) is 0 Å². The lowest BCUT2D eigenvalue weighted by Gasteiger charge is -2.08. The summed E-state index contributed by atoms with van der Waals surface area (Å²) in [5.74, 6) is 2.11. The Balaban J connectivity index is 1.84. The maximum Gasteiger partial charge on any atom is 0.191 e. The molecule has 108 valence electrons. The van der Waals surface area contributed by atoms with Crippen LogP contribution >= 0.6 is 39.0 Å². The number of ether oxygens (including phenoxy) is 1. The molecule has 7 heteroatoms. The van der Waals surface area contributed by atoms with Crippen LogP contribution in [0.5, 0.6) is 5.75 Å². The van der Waals surface area contributed by atoms with Gasteiger partial charge in [0.2, 0.25) is 0 Å². The number of thioether (sulfide) groups is 1. The zero-order valence-corrected chi connectivity index (χ0v) is 14.4. The molecule has 1 aromatic carbocycles. The van der Waals surface area contributed by atoms with Crippen molar-refractivity contribution in [1.82, 2.24) is 9.97 Å². The van der Waals surface area contributed by atoms with Crippen molar-refractivity contribution >= 4 is 55.1 Å². The molecule has 0 aliphatic heterocycles. The Bertz CT molecular complexity index is 791. The zero-order chi connectivity index (χ0) is 14.8. The van der Waals surface area contributed by atoms with Gasteiger partial charge < -0.3 is 10.5 Å². The van der Waals surface area contributed by atoms with Gasteiger partial charge in [-0.2, -0.15) is 0 Å². The maximum atomic E-state index is 5.96. The van der Waals surface area contributed by atoms with Gasteiger partial charge in [-0.25, -0.2) is 9.97 Å². The van der Waals surface area contributed by atoms with E-state index in [0.717, 1.165) is 31.8 Å². The average Bonchev–Trinajstić information content (AvgIpc) is 2.94. The van der Waals surface area contributed by atoms with Crippen LogP contribution in [0.1, 0.15) is 5.56 Å². The van der Waals surface area contributed by atoms with Crippen molar-refractivity contribution in [2.75, 3.05) is 12.8 Å². The number of nitrogen functional groups attached to an aromatic ring is 1. The quantitative estimate of drug-likeness (QED) is 0.537. The minimum atomic E-state index is 0.532. The maximum absolute atomic E-state index is 5.96. The Kier molecular flexibility index (Phi) is 4.32. The standard InChI is InChI=1S/C14H12BrN3OS2/c1-19-11-3-2-9(15)6-8(11)7-21-14-17-12(16)10-4-5-20-13(10)18-14/h2-6H,7H2,1H3,(H2,16,17,18). The van der Waals surface area contributed by atoms with Gasteiger partial charge >= 0.3 is 0 Å². The van der Waals surface area contributed by atoms with Gasteiger partial charge in [0.25, 0.3) is 0 Å². The van der Waals surface area contributed by atoms with Crippen LogP contribution in [0.2, 0.25) is 0 Å². The number of methoxy groups -OCH3 is 1. The smallest absolute Gasteiger partial charge is 0.191 e. The zero-order valence-electron chi connectivity index (χ0n) is 11.2. The van der Waals surface area contributed by atoms with Crippen LogP contribution in [0.15, 0.2) is 39.3 Å². The van der Waals surface area contributed by atoms with E-state index in [9.17, 15) is 0 Å². The topological polar surface area (TPSA) is 61.0 Å². The molecule has 0 spiro atoms. The van der Waals surface area contributed by atoms with Gasteiger partial charge in [-0.05, 0) is 29.6 Å². The number of halogens is 1. The largest absolute Gasteiger partial charge is 0.496 e. The van der Waals surface area contributed by atoms with E-state index >= 15 is 0 Å². The van der Waals surface area contributed by atoms with Gasteiger partial charge in [0.15, 0.2) is 5.16 Å². The summed E-state index contributed by atoms with van der Waals surface area (Å²) in [4.78, 5) is 9.80. The van der Waals surface area contributed by atoms with Crippen LogP contribution in [-0.2, 0) is 5.75 Å². The third-order valence-electron chi connectivity index (χ3n) is 2.93. The monoisotopic (exact) mass is 381 g/mol. The molecule has 0 aliphatic carbocycles. The summed E-state index contributed by atoms with van der Waals surface area (Å²) in [5, 5.41) is 3.58. The summed E-state index contributed by atoms with van der Waals surface area (Å²) in [5.41, 5.74) is 7.05. The lowest BCUT2D eigenvalue weighted by atomic mass is 10.2. The molecule has 0 radical (unpaired) electrons. The third-order valence-corrected chi connectivity index (χ3v) is 5.13. The number of anilines is 1. The summed E-state index contributed by atoms with van der Waals surface area (Å²) < 4.78 is 6.39. The number of benzene rings is 1. The van der Waals surface area contributed by atoms with Crippen molar-refractivity contribution in [1.29, 1.82) is 0 Å². The van der Waals surface area contributed by atoms with E-state index in [0.29, 0.717) is 11.0 Å². The summed E-state index contributed by atoms with van der Waals surface area (Å²) in [6.45, 7) is 0. The molecule has 3 rings (SSSR count). The van der Waals surface area contributed by atoms with Crippen molar-refractivity contribution in [3.8, 4) is 5.75 Å². The molecule has 0 saturated heterocycles. The molecular formula is C14H12BrN3OS2. The van der Waals surface area contributed by atoms with Crippen molar-refractivity contribution in [2.24, 2.45) is 0 Å². The molecule has 0 bridgehead atoms. The molecule has 0 unspecified atom stereocenters. The Morgan fingerprint density at radius 1 is 1.33 bits per heavy atom. The number of nitrogens with zero attached hydrogens (tertiary/aromatic N) is 2. The third kappa shape index (κ3) is 3.14. The predicted molar refractivity (Wildman–Crippen MR) is 92.1 cm³/mol. The number of fused-ring (bicyclic) bond motifs is 1. The van der Waals surface area contributed by atoms with Gasteiger partial charge in [0.1, 0.15) is 16.4 Å². The SMILES string of the molecule is COc1ccc(Br)cc1CSc1nc(N)c2ccsc2n1. The first kappa shape index (κ1) is 14.6. The molecule has 4 nitrogen and oxygen atoms in total. The lowest BCUT2D eigenvalue weighted by Crippen LogP contribution is -1.96. The number of aromatic nitrogens is 2. The highest BCUT2D eigenvalue weighted by Crippen LogP contribution is 2.31. The fourth-order valence-electron chi connectivity index (χ4n) is 1.92. The van der Waals surface area contributed by atoms with Gasteiger partial charge in [-0.3, -0.25) is 0 Å². The highest BCUT2D eigenvalue weighted by atomic mass is 79.9. The van der Waals surface area contributed by atoms with E-state index in [-0.39, 0.29) is 0 Å². The van der Waals surface area contributed by atoms with Crippen molar-refractivity contribution < 1.29 is 4.74 Å². The second-order valence-corrected chi connectivity index (χ2v) is 7.03. The molecular weight excluding hydrogens is 370 g/mol.